The molecule has 0 saturated carbocycles. The first-order valence-electron chi connectivity index (χ1n) is 9.51. The van der Waals surface area contributed by atoms with Crippen LogP contribution < -0.4 is 10.5 Å². The summed E-state index contributed by atoms with van der Waals surface area (Å²) in [5.74, 6) is 0.328. The van der Waals surface area contributed by atoms with E-state index < -0.39 is 0 Å². The lowest BCUT2D eigenvalue weighted by atomic mass is 9.83. The van der Waals surface area contributed by atoms with Gasteiger partial charge in [0.05, 0.1) is 23.5 Å². The van der Waals surface area contributed by atoms with Crippen LogP contribution in [0.2, 0.25) is 0 Å². The molecule has 0 spiro atoms. The van der Waals surface area contributed by atoms with E-state index in [2.05, 4.69) is 16.2 Å². The first kappa shape index (κ1) is 17.5. The molecule has 5 rings (SSSR count). The van der Waals surface area contributed by atoms with Gasteiger partial charge in [-0.1, -0.05) is 12.1 Å². The number of imidazole rings is 1. The van der Waals surface area contributed by atoms with Gasteiger partial charge in [0.2, 0.25) is 11.8 Å². The number of ether oxygens (including phenoxy) is 2. The molecule has 29 heavy (non-hydrogen) atoms. The van der Waals surface area contributed by atoms with Gasteiger partial charge in [0, 0.05) is 31.7 Å². The fourth-order valence-electron chi connectivity index (χ4n) is 4.12. The Balaban J connectivity index is 1.64. The second-order valence-electron chi connectivity index (χ2n) is 7.22. The fourth-order valence-corrected chi connectivity index (χ4v) is 4.12. The van der Waals surface area contributed by atoms with Crippen LogP contribution in [0.4, 0.5) is 0 Å². The van der Waals surface area contributed by atoms with Crippen molar-refractivity contribution in [3.8, 4) is 17.6 Å². The predicted molar refractivity (Wildman–Crippen MR) is 104 cm³/mol. The first-order valence-corrected chi connectivity index (χ1v) is 9.51. The Morgan fingerprint density at radius 1 is 1.28 bits per heavy atom. The van der Waals surface area contributed by atoms with Gasteiger partial charge in [-0.3, -0.25) is 0 Å². The van der Waals surface area contributed by atoms with Crippen LogP contribution in [0.25, 0.3) is 5.69 Å². The summed E-state index contributed by atoms with van der Waals surface area (Å²) in [5.41, 5.74) is 10.1. The molecule has 2 aromatic heterocycles. The first-order chi connectivity index (χ1) is 14.2. The maximum Gasteiger partial charge on any atom is 0.224 e. The number of nitrogens with two attached hydrogens (primary N) is 1. The highest BCUT2D eigenvalue weighted by Gasteiger charge is 2.39. The van der Waals surface area contributed by atoms with Gasteiger partial charge in [-0.15, -0.1) is 0 Å². The van der Waals surface area contributed by atoms with Crippen molar-refractivity contribution in [2.75, 3.05) is 6.61 Å². The van der Waals surface area contributed by atoms with E-state index in [1.54, 1.807) is 17.2 Å². The number of fused-ring (bicyclic) bond motifs is 1. The van der Waals surface area contributed by atoms with E-state index >= 15 is 0 Å². The molecule has 146 valence electrons. The summed E-state index contributed by atoms with van der Waals surface area (Å²) < 4.78 is 15.3. The average molecular weight is 388 g/mol. The molecule has 2 unspecified atom stereocenters. The number of nitriles is 1. The quantitative estimate of drug-likeness (QED) is 0.740. The molecule has 0 bridgehead atoms. The minimum atomic E-state index is -0.353. The lowest BCUT2D eigenvalue weighted by molar-refractivity contribution is 0.107. The molecule has 8 heteroatoms. The van der Waals surface area contributed by atoms with Crippen molar-refractivity contribution in [3.05, 3.63) is 71.3 Å². The summed E-state index contributed by atoms with van der Waals surface area (Å²) in [6.07, 6.45) is 7.16. The summed E-state index contributed by atoms with van der Waals surface area (Å²) in [6.45, 7) is 0.713. The molecule has 0 radical (unpaired) electrons. The van der Waals surface area contributed by atoms with E-state index in [9.17, 15) is 5.26 Å². The summed E-state index contributed by atoms with van der Waals surface area (Å²) in [4.78, 5) is 4.09. The van der Waals surface area contributed by atoms with Gasteiger partial charge in [0.25, 0.3) is 0 Å². The van der Waals surface area contributed by atoms with E-state index in [1.807, 2.05) is 42.1 Å². The van der Waals surface area contributed by atoms with Crippen LogP contribution in [0.5, 0.6) is 5.88 Å². The number of allylic oxidation sites excluding steroid dienone is 1. The third-order valence-corrected chi connectivity index (χ3v) is 5.49. The van der Waals surface area contributed by atoms with Gasteiger partial charge in [-0.25, -0.2) is 9.67 Å². The van der Waals surface area contributed by atoms with Gasteiger partial charge >= 0.3 is 0 Å². The van der Waals surface area contributed by atoms with Crippen LogP contribution >= 0.6 is 0 Å². The van der Waals surface area contributed by atoms with Crippen molar-refractivity contribution in [1.29, 1.82) is 5.26 Å². The molecular weight excluding hydrogens is 368 g/mol. The normalized spacial score (nSPS) is 21.0. The lowest BCUT2D eigenvalue weighted by Gasteiger charge is -2.25. The number of nitrogens with zero attached hydrogens (tertiary/aromatic N) is 5. The van der Waals surface area contributed by atoms with E-state index in [4.69, 9.17) is 15.2 Å². The van der Waals surface area contributed by atoms with Crippen molar-refractivity contribution in [2.45, 2.75) is 24.9 Å². The molecule has 0 aliphatic carbocycles. The zero-order valence-electron chi connectivity index (χ0n) is 15.9. The van der Waals surface area contributed by atoms with Crippen molar-refractivity contribution < 1.29 is 9.47 Å². The number of benzene rings is 1. The maximum atomic E-state index is 9.85. The summed E-state index contributed by atoms with van der Waals surface area (Å²) in [6, 6.07) is 10.3. The summed E-state index contributed by atoms with van der Waals surface area (Å²) in [7, 11) is 1.82. The van der Waals surface area contributed by atoms with Gasteiger partial charge < -0.3 is 19.8 Å². The van der Waals surface area contributed by atoms with E-state index in [0.717, 1.165) is 35.3 Å². The second-order valence-corrected chi connectivity index (χ2v) is 7.22. The summed E-state index contributed by atoms with van der Waals surface area (Å²) in [5, 5.41) is 14.5. The van der Waals surface area contributed by atoms with Crippen LogP contribution in [0.3, 0.4) is 0 Å². The zero-order chi connectivity index (χ0) is 20.0. The molecule has 1 fully saturated rings. The number of hydrogen-bond donors (Lipinski definition) is 1. The number of rotatable bonds is 3. The number of hydrogen-bond acceptors (Lipinski definition) is 6. The Labute approximate surface area is 167 Å². The van der Waals surface area contributed by atoms with Crippen LogP contribution in [0.15, 0.2) is 54.4 Å². The topological polar surface area (TPSA) is 104 Å². The highest BCUT2D eigenvalue weighted by molar-refractivity contribution is 5.56. The second kappa shape index (κ2) is 6.79. The maximum absolute atomic E-state index is 9.85. The highest BCUT2D eigenvalue weighted by atomic mass is 16.5. The van der Waals surface area contributed by atoms with Crippen LogP contribution in [0, 0.1) is 11.3 Å². The van der Waals surface area contributed by atoms with Gasteiger partial charge in [0.1, 0.15) is 17.7 Å². The predicted octanol–water partition coefficient (Wildman–Crippen LogP) is 2.68. The Morgan fingerprint density at radius 3 is 2.76 bits per heavy atom. The number of aromatic nitrogens is 4. The van der Waals surface area contributed by atoms with Gasteiger partial charge in [-0.2, -0.15) is 10.4 Å². The number of aryl methyl sites for hydroxylation is 1. The molecule has 4 heterocycles. The molecule has 2 aliphatic rings. The van der Waals surface area contributed by atoms with Crippen LogP contribution in [-0.4, -0.2) is 25.9 Å². The Bertz CT molecular complexity index is 1120. The third kappa shape index (κ3) is 2.79. The molecule has 2 atom stereocenters. The SMILES string of the molecule is Cn1nc(C2CCCO2)c2c1OC(N)=C(C#N)C2c1ccc(-n2ccnc2)cc1. The highest BCUT2D eigenvalue weighted by Crippen LogP contribution is 2.47. The van der Waals surface area contributed by atoms with Crippen LogP contribution in [0.1, 0.15) is 41.7 Å². The fraction of sp³-hybridized carbons (Fsp3) is 0.286. The molecule has 2 aliphatic heterocycles. The molecular formula is C21H20N6O2. The minimum Gasteiger partial charge on any atom is -0.422 e. The standard InChI is InChI=1S/C21H20N6O2/c1-26-21-18(19(25-26)16-3-2-10-28-16)17(15(11-22)20(23)29-21)13-4-6-14(7-5-13)27-9-8-24-12-27/h4-9,12,16-17H,2-3,10,23H2,1H3. The van der Waals surface area contributed by atoms with Gasteiger partial charge in [-0.05, 0) is 30.5 Å². The van der Waals surface area contributed by atoms with Gasteiger partial charge in [0.15, 0.2) is 0 Å². The van der Waals surface area contributed by atoms with E-state index in [1.165, 1.54) is 0 Å². The largest absolute Gasteiger partial charge is 0.422 e. The van der Waals surface area contributed by atoms with Crippen molar-refractivity contribution in [2.24, 2.45) is 12.8 Å². The minimum absolute atomic E-state index is 0.0967. The molecule has 3 aromatic rings. The molecule has 1 saturated heterocycles. The average Bonchev–Trinajstić information content (AvgIpc) is 3.49. The van der Waals surface area contributed by atoms with Crippen molar-refractivity contribution in [1.82, 2.24) is 19.3 Å². The van der Waals surface area contributed by atoms with Crippen molar-refractivity contribution >= 4 is 0 Å². The smallest absolute Gasteiger partial charge is 0.224 e. The van der Waals surface area contributed by atoms with Crippen molar-refractivity contribution in [3.63, 3.8) is 0 Å². The molecule has 1 aromatic carbocycles. The monoisotopic (exact) mass is 388 g/mol. The van der Waals surface area contributed by atoms with E-state index in [0.29, 0.717) is 18.1 Å². The molecule has 2 N–H and O–H groups in total. The zero-order valence-corrected chi connectivity index (χ0v) is 15.9. The molecule has 8 nitrogen and oxygen atoms in total. The van der Waals surface area contributed by atoms with Crippen LogP contribution in [-0.2, 0) is 11.8 Å². The van der Waals surface area contributed by atoms with E-state index in [-0.39, 0.29) is 17.9 Å². The third-order valence-electron chi connectivity index (χ3n) is 5.49. The summed E-state index contributed by atoms with van der Waals surface area (Å²) >= 11 is 0. The molecule has 0 amide bonds. The lowest BCUT2D eigenvalue weighted by Crippen LogP contribution is -2.22. The Hall–Kier alpha value is -3.57. The Kier molecular flexibility index (Phi) is 4.11. The Morgan fingerprint density at radius 2 is 2.10 bits per heavy atom.